The topological polar surface area (TPSA) is 65.5 Å². The zero-order chi connectivity index (χ0) is 22.6. The van der Waals surface area contributed by atoms with Crippen molar-refractivity contribution in [2.45, 2.75) is 25.8 Å². The Balaban J connectivity index is 1.44. The number of nitrogens with one attached hydrogen (secondary N) is 1. The first-order chi connectivity index (χ1) is 16.2. The molecular formula is C27H26N4O2. The fraction of sp³-hybridized carbons (Fsp3) is 0.222. The Morgan fingerprint density at radius 1 is 0.788 bits per heavy atom. The monoisotopic (exact) mass is 438 g/mol. The van der Waals surface area contributed by atoms with Gasteiger partial charge in [-0.1, -0.05) is 30.3 Å². The SMILES string of the molecule is O=C1C(Nc2ccc(N3CCCCC3)cc2)=C(c2ccccc2)C(=O)N1Cc1ccncc1. The highest BCUT2D eigenvalue weighted by Crippen LogP contribution is 2.32. The number of anilines is 2. The highest BCUT2D eigenvalue weighted by molar-refractivity contribution is 6.36. The Labute approximate surface area is 193 Å². The van der Waals surface area contributed by atoms with Gasteiger partial charge in [0.25, 0.3) is 11.8 Å². The summed E-state index contributed by atoms with van der Waals surface area (Å²) in [6.07, 6.45) is 7.05. The van der Waals surface area contributed by atoms with Crippen LogP contribution in [0.5, 0.6) is 0 Å². The number of amides is 2. The van der Waals surface area contributed by atoms with E-state index in [9.17, 15) is 9.59 Å². The molecular weight excluding hydrogens is 412 g/mol. The number of aromatic nitrogens is 1. The Morgan fingerprint density at radius 2 is 1.48 bits per heavy atom. The molecule has 3 aromatic rings. The molecule has 0 radical (unpaired) electrons. The smallest absolute Gasteiger partial charge is 0.278 e. The summed E-state index contributed by atoms with van der Waals surface area (Å²) in [6.45, 7) is 2.36. The van der Waals surface area contributed by atoms with Crippen LogP contribution in [0.15, 0.2) is 84.8 Å². The van der Waals surface area contributed by atoms with E-state index >= 15 is 0 Å². The Kier molecular flexibility index (Phi) is 5.89. The van der Waals surface area contributed by atoms with E-state index < -0.39 is 0 Å². The van der Waals surface area contributed by atoms with Crippen molar-refractivity contribution < 1.29 is 9.59 Å². The van der Waals surface area contributed by atoms with E-state index in [1.54, 1.807) is 12.4 Å². The van der Waals surface area contributed by atoms with Crippen molar-refractivity contribution in [3.05, 3.63) is 95.9 Å². The van der Waals surface area contributed by atoms with E-state index in [0.29, 0.717) is 11.3 Å². The molecule has 2 aliphatic heterocycles. The molecule has 2 aliphatic rings. The maximum Gasteiger partial charge on any atom is 0.278 e. The summed E-state index contributed by atoms with van der Waals surface area (Å²) in [7, 11) is 0. The molecule has 6 heteroatoms. The summed E-state index contributed by atoms with van der Waals surface area (Å²) in [6, 6.07) is 21.1. The van der Waals surface area contributed by atoms with Gasteiger partial charge in [0.05, 0.1) is 12.1 Å². The van der Waals surface area contributed by atoms with Gasteiger partial charge in [-0.05, 0) is 66.8 Å². The lowest BCUT2D eigenvalue weighted by molar-refractivity contribution is -0.137. The average molecular weight is 439 g/mol. The molecule has 0 saturated carbocycles. The average Bonchev–Trinajstić information content (AvgIpc) is 3.10. The van der Waals surface area contributed by atoms with Gasteiger partial charge in [0, 0.05) is 36.9 Å². The first-order valence-electron chi connectivity index (χ1n) is 11.4. The van der Waals surface area contributed by atoms with Crippen molar-refractivity contribution in [3.63, 3.8) is 0 Å². The standard InChI is InChI=1S/C27H26N4O2/c32-26-24(21-7-3-1-4-8-21)25(27(33)31(26)19-20-13-15-28-16-14-20)29-22-9-11-23(12-10-22)30-17-5-2-6-18-30/h1,3-4,7-16,29H,2,5-6,17-19H2. The molecule has 6 nitrogen and oxygen atoms in total. The number of hydrogen-bond donors (Lipinski definition) is 1. The van der Waals surface area contributed by atoms with Crippen LogP contribution in [0.25, 0.3) is 5.57 Å². The van der Waals surface area contributed by atoms with Crippen LogP contribution in [0.3, 0.4) is 0 Å². The fourth-order valence-electron chi connectivity index (χ4n) is 4.43. The van der Waals surface area contributed by atoms with Crippen molar-refractivity contribution in [1.29, 1.82) is 0 Å². The number of nitrogens with zero attached hydrogens (tertiary/aromatic N) is 3. The molecule has 0 unspecified atom stereocenters. The number of hydrogen-bond acceptors (Lipinski definition) is 5. The molecule has 33 heavy (non-hydrogen) atoms. The number of carbonyl (C=O) groups is 2. The summed E-state index contributed by atoms with van der Waals surface area (Å²) in [5.41, 5.74) is 4.25. The molecule has 1 aromatic heterocycles. The van der Waals surface area contributed by atoms with Crippen LogP contribution in [-0.4, -0.2) is 34.8 Å². The van der Waals surface area contributed by atoms with Crippen molar-refractivity contribution in [2.75, 3.05) is 23.3 Å². The van der Waals surface area contributed by atoms with E-state index in [1.165, 1.54) is 29.8 Å². The van der Waals surface area contributed by atoms with Crippen LogP contribution in [0.1, 0.15) is 30.4 Å². The van der Waals surface area contributed by atoms with Gasteiger partial charge in [-0.15, -0.1) is 0 Å². The molecule has 3 heterocycles. The first-order valence-corrected chi connectivity index (χ1v) is 11.4. The van der Waals surface area contributed by atoms with Crippen LogP contribution in [0.2, 0.25) is 0 Å². The fourth-order valence-corrected chi connectivity index (χ4v) is 4.43. The van der Waals surface area contributed by atoms with E-state index in [-0.39, 0.29) is 18.4 Å². The molecule has 0 atom stereocenters. The second kappa shape index (κ2) is 9.28. The first kappa shape index (κ1) is 20.9. The maximum absolute atomic E-state index is 13.4. The molecule has 1 N–H and O–H groups in total. The zero-order valence-electron chi connectivity index (χ0n) is 18.4. The number of imide groups is 1. The van der Waals surface area contributed by atoms with E-state index in [2.05, 4.69) is 27.3 Å². The minimum absolute atomic E-state index is 0.204. The molecule has 5 rings (SSSR count). The van der Waals surface area contributed by atoms with Crippen LogP contribution in [0, 0.1) is 0 Å². The minimum Gasteiger partial charge on any atom is -0.372 e. The quantitative estimate of drug-likeness (QED) is 0.576. The number of piperidine rings is 1. The summed E-state index contributed by atoms with van der Waals surface area (Å²) in [5.74, 6) is -0.619. The van der Waals surface area contributed by atoms with Gasteiger partial charge in [-0.25, -0.2) is 0 Å². The van der Waals surface area contributed by atoms with Gasteiger partial charge in [-0.2, -0.15) is 0 Å². The molecule has 1 fully saturated rings. The van der Waals surface area contributed by atoms with Gasteiger partial charge in [-0.3, -0.25) is 19.5 Å². The van der Waals surface area contributed by atoms with Crippen LogP contribution < -0.4 is 10.2 Å². The lowest BCUT2D eigenvalue weighted by atomic mass is 10.0. The van der Waals surface area contributed by atoms with Gasteiger partial charge in [0.15, 0.2) is 0 Å². The number of pyridine rings is 1. The largest absolute Gasteiger partial charge is 0.372 e. The molecule has 0 bridgehead atoms. The molecule has 1 saturated heterocycles. The third-order valence-electron chi connectivity index (χ3n) is 6.18. The van der Waals surface area contributed by atoms with Crippen LogP contribution in [-0.2, 0) is 16.1 Å². The molecule has 2 amide bonds. The Bertz CT molecular complexity index is 1170. The van der Waals surface area contributed by atoms with Gasteiger partial charge in [0.2, 0.25) is 0 Å². The van der Waals surface area contributed by atoms with Crippen molar-refractivity contribution >= 4 is 28.8 Å². The Morgan fingerprint density at radius 3 is 2.18 bits per heavy atom. The minimum atomic E-state index is -0.323. The predicted octanol–water partition coefficient (Wildman–Crippen LogP) is 4.46. The van der Waals surface area contributed by atoms with Crippen molar-refractivity contribution in [1.82, 2.24) is 9.88 Å². The van der Waals surface area contributed by atoms with Gasteiger partial charge < -0.3 is 10.2 Å². The third-order valence-corrected chi connectivity index (χ3v) is 6.18. The van der Waals surface area contributed by atoms with E-state index in [0.717, 1.165) is 29.9 Å². The number of carbonyl (C=O) groups excluding carboxylic acids is 2. The van der Waals surface area contributed by atoms with E-state index in [1.807, 2.05) is 54.6 Å². The maximum atomic E-state index is 13.4. The second-order valence-electron chi connectivity index (χ2n) is 8.39. The normalized spacial score (nSPS) is 16.5. The van der Waals surface area contributed by atoms with Crippen molar-refractivity contribution in [2.24, 2.45) is 0 Å². The summed E-state index contributed by atoms with van der Waals surface area (Å²) in [5, 5.41) is 3.25. The number of benzene rings is 2. The lowest BCUT2D eigenvalue weighted by Gasteiger charge is -2.28. The highest BCUT2D eigenvalue weighted by Gasteiger charge is 2.39. The Hall–Kier alpha value is -3.93. The summed E-state index contributed by atoms with van der Waals surface area (Å²) in [4.78, 5) is 34.5. The van der Waals surface area contributed by atoms with Crippen LogP contribution >= 0.6 is 0 Å². The summed E-state index contributed by atoms with van der Waals surface area (Å²) < 4.78 is 0. The lowest BCUT2D eigenvalue weighted by Crippen LogP contribution is -2.32. The molecule has 2 aromatic carbocycles. The summed E-state index contributed by atoms with van der Waals surface area (Å²) >= 11 is 0. The van der Waals surface area contributed by atoms with Crippen molar-refractivity contribution in [3.8, 4) is 0 Å². The molecule has 0 spiro atoms. The van der Waals surface area contributed by atoms with Crippen LogP contribution in [0.4, 0.5) is 11.4 Å². The molecule has 0 aliphatic carbocycles. The zero-order valence-corrected chi connectivity index (χ0v) is 18.4. The third kappa shape index (κ3) is 4.37. The molecule has 166 valence electrons. The second-order valence-corrected chi connectivity index (χ2v) is 8.39. The highest BCUT2D eigenvalue weighted by atomic mass is 16.2. The predicted molar refractivity (Wildman–Crippen MR) is 129 cm³/mol. The van der Waals surface area contributed by atoms with Gasteiger partial charge >= 0.3 is 0 Å². The number of rotatable bonds is 6. The van der Waals surface area contributed by atoms with Gasteiger partial charge in [0.1, 0.15) is 5.70 Å². The van der Waals surface area contributed by atoms with E-state index in [4.69, 9.17) is 0 Å².